The molecule has 0 radical (unpaired) electrons. The number of hydrogen-bond acceptors (Lipinski definition) is 6. The van der Waals surface area contributed by atoms with Gasteiger partial charge in [0.25, 0.3) is 5.91 Å². The van der Waals surface area contributed by atoms with Gasteiger partial charge in [0.15, 0.2) is 5.13 Å². The van der Waals surface area contributed by atoms with Gasteiger partial charge in [-0.3, -0.25) is 4.79 Å². The van der Waals surface area contributed by atoms with Crippen LogP contribution in [0.15, 0.2) is 53.9 Å². The molecule has 0 bridgehead atoms. The molecule has 6 nitrogen and oxygen atoms in total. The first kappa shape index (κ1) is 18.7. The lowest BCUT2D eigenvalue weighted by atomic mass is 10.3. The first-order chi connectivity index (χ1) is 13.2. The molecule has 3 rings (SSSR count). The van der Waals surface area contributed by atoms with Crippen LogP contribution in [0.25, 0.3) is 0 Å². The van der Waals surface area contributed by atoms with Gasteiger partial charge in [-0.2, -0.15) is 0 Å². The Kier molecular flexibility index (Phi) is 6.27. The molecule has 3 aromatic rings. The maximum Gasteiger partial charge on any atom is 0.275 e. The first-order valence-corrected chi connectivity index (χ1v) is 9.55. The number of benzene rings is 2. The third-order valence-corrected chi connectivity index (χ3v) is 4.33. The third-order valence-electron chi connectivity index (χ3n) is 3.58. The average Bonchev–Trinajstić information content (AvgIpc) is 3.14. The van der Waals surface area contributed by atoms with Crippen molar-refractivity contribution in [3.8, 4) is 11.5 Å². The number of rotatable bonds is 8. The second-order valence-electron chi connectivity index (χ2n) is 5.53. The summed E-state index contributed by atoms with van der Waals surface area (Å²) in [6, 6.07) is 14.8. The van der Waals surface area contributed by atoms with E-state index >= 15 is 0 Å². The minimum atomic E-state index is -0.254. The minimum absolute atomic E-state index is 0.254. The van der Waals surface area contributed by atoms with Crippen LogP contribution < -0.4 is 20.1 Å². The normalized spacial score (nSPS) is 10.3. The molecule has 0 aliphatic heterocycles. The van der Waals surface area contributed by atoms with Gasteiger partial charge in [0, 0.05) is 16.8 Å². The predicted octanol–water partition coefficient (Wildman–Crippen LogP) is 4.94. The zero-order chi connectivity index (χ0) is 19.1. The fraction of sp³-hybridized carbons (Fsp3) is 0.200. The summed E-state index contributed by atoms with van der Waals surface area (Å²) in [4.78, 5) is 16.7. The summed E-state index contributed by atoms with van der Waals surface area (Å²) in [6.07, 6.45) is 0. The molecule has 0 spiro atoms. The van der Waals surface area contributed by atoms with Crippen LogP contribution in [0.4, 0.5) is 16.5 Å². The van der Waals surface area contributed by atoms with Crippen molar-refractivity contribution in [2.24, 2.45) is 0 Å². The van der Waals surface area contributed by atoms with Crippen LogP contribution in [-0.4, -0.2) is 24.1 Å². The average molecular weight is 383 g/mol. The number of carbonyl (C=O) groups excluding carboxylic acids is 1. The lowest BCUT2D eigenvalue weighted by Crippen LogP contribution is -2.12. The summed E-state index contributed by atoms with van der Waals surface area (Å²) in [5, 5.41) is 8.39. The maximum absolute atomic E-state index is 12.4. The summed E-state index contributed by atoms with van der Waals surface area (Å²) in [6.45, 7) is 5.11. The van der Waals surface area contributed by atoms with Crippen molar-refractivity contribution < 1.29 is 14.3 Å². The summed E-state index contributed by atoms with van der Waals surface area (Å²) >= 11 is 1.37. The van der Waals surface area contributed by atoms with Crippen molar-refractivity contribution in [1.82, 2.24) is 4.98 Å². The van der Waals surface area contributed by atoms with Gasteiger partial charge in [0.2, 0.25) is 0 Å². The van der Waals surface area contributed by atoms with Crippen LogP contribution >= 0.6 is 11.3 Å². The zero-order valence-electron chi connectivity index (χ0n) is 15.2. The van der Waals surface area contributed by atoms with Gasteiger partial charge in [-0.25, -0.2) is 4.98 Å². The number of nitrogens with zero attached hydrogens (tertiary/aromatic N) is 1. The second kappa shape index (κ2) is 9.05. The van der Waals surface area contributed by atoms with Crippen molar-refractivity contribution >= 4 is 33.8 Å². The molecule has 7 heteroatoms. The van der Waals surface area contributed by atoms with E-state index in [0.29, 0.717) is 29.7 Å². The molecular weight excluding hydrogens is 362 g/mol. The Bertz CT molecular complexity index is 876. The molecule has 1 aromatic heterocycles. The zero-order valence-corrected chi connectivity index (χ0v) is 16.0. The van der Waals surface area contributed by atoms with Crippen molar-refractivity contribution in [2.45, 2.75) is 13.8 Å². The van der Waals surface area contributed by atoms with Crippen molar-refractivity contribution in [3.05, 3.63) is 59.6 Å². The molecule has 2 N–H and O–H groups in total. The standard InChI is InChI=1S/C20H21N3O3S/c1-3-25-16-9-5-14(6-10-16)21-19(24)18-13-27-20(23-18)22-15-7-11-17(12-8-15)26-4-2/h5-13H,3-4H2,1-2H3,(H,21,24)(H,22,23). The van der Waals surface area contributed by atoms with E-state index in [-0.39, 0.29) is 5.91 Å². The fourth-order valence-corrected chi connectivity index (χ4v) is 3.07. The Morgan fingerprint density at radius 3 is 2.04 bits per heavy atom. The highest BCUT2D eigenvalue weighted by atomic mass is 32.1. The minimum Gasteiger partial charge on any atom is -0.494 e. The molecule has 0 aliphatic carbocycles. The van der Waals surface area contributed by atoms with Gasteiger partial charge >= 0.3 is 0 Å². The van der Waals surface area contributed by atoms with E-state index in [4.69, 9.17) is 9.47 Å². The molecule has 0 unspecified atom stereocenters. The lowest BCUT2D eigenvalue weighted by molar-refractivity contribution is 0.102. The highest BCUT2D eigenvalue weighted by Gasteiger charge is 2.11. The van der Waals surface area contributed by atoms with E-state index in [1.165, 1.54) is 11.3 Å². The molecule has 0 fully saturated rings. The lowest BCUT2D eigenvalue weighted by Gasteiger charge is -2.06. The number of amides is 1. The van der Waals surface area contributed by atoms with Crippen LogP contribution in [0.1, 0.15) is 24.3 Å². The van der Waals surface area contributed by atoms with Gasteiger partial charge in [-0.15, -0.1) is 11.3 Å². The van der Waals surface area contributed by atoms with E-state index < -0.39 is 0 Å². The molecular formula is C20H21N3O3S. The van der Waals surface area contributed by atoms with Crippen LogP contribution in [0.2, 0.25) is 0 Å². The Morgan fingerprint density at radius 1 is 0.926 bits per heavy atom. The number of nitrogens with one attached hydrogen (secondary N) is 2. The molecule has 27 heavy (non-hydrogen) atoms. The number of thiazole rings is 1. The van der Waals surface area contributed by atoms with E-state index in [9.17, 15) is 4.79 Å². The summed E-state index contributed by atoms with van der Waals surface area (Å²) in [7, 11) is 0. The number of carbonyl (C=O) groups is 1. The Balaban J connectivity index is 1.59. The SMILES string of the molecule is CCOc1ccc(NC(=O)c2csc(Nc3ccc(OCC)cc3)n2)cc1. The van der Waals surface area contributed by atoms with Crippen molar-refractivity contribution in [1.29, 1.82) is 0 Å². The van der Waals surface area contributed by atoms with Crippen LogP contribution in [-0.2, 0) is 0 Å². The summed E-state index contributed by atoms with van der Waals surface area (Å²) < 4.78 is 10.8. The molecule has 0 atom stereocenters. The smallest absolute Gasteiger partial charge is 0.275 e. The van der Waals surface area contributed by atoms with Crippen molar-refractivity contribution in [3.63, 3.8) is 0 Å². The van der Waals surface area contributed by atoms with Crippen LogP contribution in [0, 0.1) is 0 Å². The molecule has 140 valence electrons. The largest absolute Gasteiger partial charge is 0.494 e. The van der Waals surface area contributed by atoms with E-state index in [2.05, 4.69) is 15.6 Å². The first-order valence-electron chi connectivity index (χ1n) is 8.67. The van der Waals surface area contributed by atoms with Crippen molar-refractivity contribution in [2.75, 3.05) is 23.8 Å². The molecule has 1 heterocycles. The molecule has 0 aliphatic rings. The Hall–Kier alpha value is -3.06. The second-order valence-corrected chi connectivity index (χ2v) is 6.39. The van der Waals surface area contributed by atoms with Gasteiger partial charge in [0.05, 0.1) is 13.2 Å². The quantitative estimate of drug-likeness (QED) is 0.577. The Labute approximate surface area is 162 Å². The topological polar surface area (TPSA) is 72.5 Å². The van der Waals surface area contributed by atoms with E-state index in [1.807, 2.05) is 50.2 Å². The molecule has 1 amide bonds. The summed E-state index contributed by atoms with van der Waals surface area (Å²) in [5.74, 6) is 1.33. The van der Waals surface area contributed by atoms with Gasteiger partial charge in [0.1, 0.15) is 17.2 Å². The predicted molar refractivity (Wildman–Crippen MR) is 109 cm³/mol. The monoisotopic (exact) mass is 383 g/mol. The maximum atomic E-state index is 12.4. The Morgan fingerprint density at radius 2 is 1.48 bits per heavy atom. The van der Waals surface area contributed by atoms with Crippen LogP contribution in [0.5, 0.6) is 11.5 Å². The number of anilines is 3. The molecule has 0 saturated carbocycles. The summed E-state index contributed by atoms with van der Waals surface area (Å²) in [5.41, 5.74) is 1.94. The van der Waals surface area contributed by atoms with Crippen LogP contribution in [0.3, 0.4) is 0 Å². The molecule has 0 saturated heterocycles. The van der Waals surface area contributed by atoms with Gasteiger partial charge in [-0.1, -0.05) is 0 Å². The highest BCUT2D eigenvalue weighted by molar-refractivity contribution is 7.14. The number of aromatic nitrogens is 1. The number of ether oxygens (including phenoxy) is 2. The van der Waals surface area contributed by atoms with Gasteiger partial charge in [-0.05, 0) is 62.4 Å². The van der Waals surface area contributed by atoms with E-state index in [1.54, 1.807) is 17.5 Å². The third kappa shape index (κ3) is 5.21. The van der Waals surface area contributed by atoms with E-state index in [0.717, 1.165) is 17.2 Å². The highest BCUT2D eigenvalue weighted by Crippen LogP contribution is 2.24. The fourth-order valence-electron chi connectivity index (χ4n) is 2.36. The number of hydrogen-bond donors (Lipinski definition) is 2. The molecule has 2 aromatic carbocycles. The van der Waals surface area contributed by atoms with Gasteiger partial charge < -0.3 is 20.1 Å².